The second kappa shape index (κ2) is 5.57. The molecule has 98 valence electrons. The summed E-state index contributed by atoms with van der Waals surface area (Å²) in [6.07, 6.45) is 0. The molecule has 2 aromatic carbocycles. The second-order valence-electron chi connectivity index (χ2n) is 4.22. The van der Waals surface area contributed by atoms with Crippen LogP contribution in [0.1, 0.15) is 12.5 Å². The predicted molar refractivity (Wildman–Crippen MR) is 74.5 cm³/mol. The van der Waals surface area contributed by atoms with Crippen LogP contribution in [0.4, 0.5) is 0 Å². The smallest absolute Gasteiger partial charge is 0.308 e. The Hall–Kier alpha value is -2.29. The second-order valence-corrected chi connectivity index (χ2v) is 4.22. The average Bonchev–Trinajstić information content (AvgIpc) is 2.41. The lowest BCUT2D eigenvalue weighted by molar-refractivity contribution is -0.131. The Balaban J connectivity index is 2.53. The summed E-state index contributed by atoms with van der Waals surface area (Å²) in [7, 11) is 1.64. The van der Waals surface area contributed by atoms with Crippen LogP contribution < -0.4 is 9.47 Å². The standard InChI is InChI=1S/C16H16O3/c1-11-13(8-6-10-15(11)19-12(2)17)14-7-4-5-9-16(14)18-3/h4-10H,1-3H3. The largest absolute Gasteiger partial charge is 0.496 e. The molecular formula is C16H16O3. The number of hydrogen-bond donors (Lipinski definition) is 0. The van der Waals surface area contributed by atoms with Gasteiger partial charge in [-0.15, -0.1) is 0 Å². The number of ether oxygens (including phenoxy) is 2. The molecule has 19 heavy (non-hydrogen) atoms. The number of carbonyl (C=O) groups excluding carboxylic acids is 1. The Labute approximate surface area is 112 Å². The molecule has 0 bridgehead atoms. The zero-order chi connectivity index (χ0) is 13.8. The van der Waals surface area contributed by atoms with Crippen LogP contribution >= 0.6 is 0 Å². The maximum absolute atomic E-state index is 11.1. The van der Waals surface area contributed by atoms with E-state index in [0.29, 0.717) is 5.75 Å². The Morgan fingerprint density at radius 3 is 2.26 bits per heavy atom. The molecular weight excluding hydrogens is 240 g/mol. The van der Waals surface area contributed by atoms with Crippen LogP contribution in [-0.2, 0) is 4.79 Å². The van der Waals surface area contributed by atoms with Crippen molar-refractivity contribution in [1.82, 2.24) is 0 Å². The van der Waals surface area contributed by atoms with Crippen molar-refractivity contribution in [3.8, 4) is 22.6 Å². The first-order chi connectivity index (χ1) is 9.13. The topological polar surface area (TPSA) is 35.5 Å². The van der Waals surface area contributed by atoms with Crippen molar-refractivity contribution < 1.29 is 14.3 Å². The number of carbonyl (C=O) groups is 1. The Kier molecular flexibility index (Phi) is 3.85. The molecule has 0 aliphatic heterocycles. The minimum absolute atomic E-state index is 0.319. The maximum Gasteiger partial charge on any atom is 0.308 e. The van der Waals surface area contributed by atoms with Crippen LogP contribution in [0.5, 0.6) is 11.5 Å². The zero-order valence-electron chi connectivity index (χ0n) is 11.3. The first-order valence-corrected chi connectivity index (χ1v) is 6.05. The number of benzene rings is 2. The SMILES string of the molecule is COc1ccccc1-c1cccc(OC(C)=O)c1C. The van der Waals surface area contributed by atoms with Crippen molar-refractivity contribution in [2.24, 2.45) is 0 Å². The van der Waals surface area contributed by atoms with Gasteiger partial charge in [-0.1, -0.05) is 30.3 Å². The van der Waals surface area contributed by atoms with Gasteiger partial charge in [0.05, 0.1) is 7.11 Å². The van der Waals surface area contributed by atoms with Crippen molar-refractivity contribution in [3.63, 3.8) is 0 Å². The van der Waals surface area contributed by atoms with Gasteiger partial charge in [-0.2, -0.15) is 0 Å². The predicted octanol–water partition coefficient (Wildman–Crippen LogP) is 3.60. The third-order valence-corrected chi connectivity index (χ3v) is 2.93. The molecule has 0 fully saturated rings. The molecule has 2 aromatic rings. The van der Waals surface area contributed by atoms with Gasteiger partial charge in [0.15, 0.2) is 0 Å². The summed E-state index contributed by atoms with van der Waals surface area (Å²) < 4.78 is 10.6. The van der Waals surface area contributed by atoms with Crippen molar-refractivity contribution in [1.29, 1.82) is 0 Å². The Bertz CT molecular complexity index is 603. The molecule has 0 amide bonds. The van der Waals surface area contributed by atoms with Gasteiger partial charge in [0.1, 0.15) is 11.5 Å². The molecule has 0 spiro atoms. The van der Waals surface area contributed by atoms with Gasteiger partial charge in [-0.25, -0.2) is 0 Å². The van der Waals surface area contributed by atoms with Gasteiger partial charge >= 0.3 is 5.97 Å². The Morgan fingerprint density at radius 2 is 1.58 bits per heavy atom. The van der Waals surface area contributed by atoms with E-state index in [1.807, 2.05) is 43.3 Å². The fraction of sp³-hybridized carbons (Fsp3) is 0.188. The van der Waals surface area contributed by atoms with Crippen LogP contribution in [0.15, 0.2) is 42.5 Å². The molecule has 0 saturated heterocycles. The molecule has 0 heterocycles. The van der Waals surface area contributed by atoms with Crippen molar-refractivity contribution in [3.05, 3.63) is 48.0 Å². The third-order valence-electron chi connectivity index (χ3n) is 2.93. The fourth-order valence-corrected chi connectivity index (χ4v) is 2.04. The van der Waals surface area contributed by atoms with E-state index in [4.69, 9.17) is 9.47 Å². The molecule has 2 rings (SSSR count). The molecule has 3 nitrogen and oxygen atoms in total. The number of methoxy groups -OCH3 is 1. The van der Waals surface area contributed by atoms with Crippen molar-refractivity contribution in [2.75, 3.05) is 7.11 Å². The van der Waals surface area contributed by atoms with E-state index in [1.54, 1.807) is 13.2 Å². The van der Waals surface area contributed by atoms with Crippen LogP contribution in [0, 0.1) is 6.92 Å². The highest BCUT2D eigenvalue weighted by atomic mass is 16.5. The summed E-state index contributed by atoms with van der Waals surface area (Å²) >= 11 is 0. The first kappa shape index (κ1) is 13.1. The van der Waals surface area contributed by atoms with E-state index in [0.717, 1.165) is 22.4 Å². The quantitative estimate of drug-likeness (QED) is 0.621. The maximum atomic E-state index is 11.1. The lowest BCUT2D eigenvalue weighted by Gasteiger charge is -2.13. The summed E-state index contributed by atoms with van der Waals surface area (Å²) in [5.41, 5.74) is 2.90. The minimum atomic E-state index is -0.319. The minimum Gasteiger partial charge on any atom is -0.496 e. The lowest BCUT2D eigenvalue weighted by atomic mass is 9.99. The van der Waals surface area contributed by atoms with Gasteiger partial charge in [0.25, 0.3) is 0 Å². The third kappa shape index (κ3) is 2.76. The van der Waals surface area contributed by atoms with E-state index in [9.17, 15) is 4.79 Å². The van der Waals surface area contributed by atoms with Crippen LogP contribution in [-0.4, -0.2) is 13.1 Å². The number of rotatable bonds is 3. The van der Waals surface area contributed by atoms with Gasteiger partial charge in [-0.3, -0.25) is 4.79 Å². The van der Waals surface area contributed by atoms with Gasteiger partial charge in [0, 0.05) is 12.5 Å². The summed E-state index contributed by atoms with van der Waals surface area (Å²) in [5.74, 6) is 1.06. The molecule has 3 heteroatoms. The molecule has 0 radical (unpaired) electrons. The first-order valence-electron chi connectivity index (χ1n) is 6.05. The molecule has 0 N–H and O–H groups in total. The number of hydrogen-bond acceptors (Lipinski definition) is 3. The van der Waals surface area contributed by atoms with Crippen LogP contribution in [0.3, 0.4) is 0 Å². The summed E-state index contributed by atoms with van der Waals surface area (Å²) in [4.78, 5) is 11.1. The molecule has 0 aliphatic carbocycles. The van der Waals surface area contributed by atoms with Crippen molar-refractivity contribution >= 4 is 5.97 Å². The van der Waals surface area contributed by atoms with Crippen LogP contribution in [0.2, 0.25) is 0 Å². The zero-order valence-corrected chi connectivity index (χ0v) is 11.3. The summed E-state index contributed by atoms with van der Waals surface area (Å²) in [6, 6.07) is 13.4. The van der Waals surface area contributed by atoms with E-state index in [1.165, 1.54) is 6.92 Å². The molecule has 0 atom stereocenters. The highest BCUT2D eigenvalue weighted by molar-refractivity contribution is 5.77. The van der Waals surface area contributed by atoms with Crippen molar-refractivity contribution in [2.45, 2.75) is 13.8 Å². The molecule has 0 unspecified atom stereocenters. The normalized spacial score (nSPS) is 10.1. The fourth-order valence-electron chi connectivity index (χ4n) is 2.04. The number of esters is 1. The van der Waals surface area contributed by atoms with Gasteiger partial charge in [-0.05, 0) is 30.2 Å². The van der Waals surface area contributed by atoms with E-state index in [2.05, 4.69) is 0 Å². The highest BCUT2D eigenvalue weighted by Crippen LogP contribution is 2.35. The summed E-state index contributed by atoms with van der Waals surface area (Å²) in [5, 5.41) is 0. The Morgan fingerprint density at radius 1 is 0.947 bits per heavy atom. The molecule has 0 saturated carbocycles. The molecule has 0 aromatic heterocycles. The van der Waals surface area contributed by atoms with E-state index in [-0.39, 0.29) is 5.97 Å². The van der Waals surface area contributed by atoms with Gasteiger partial charge in [0.2, 0.25) is 0 Å². The van der Waals surface area contributed by atoms with E-state index < -0.39 is 0 Å². The van der Waals surface area contributed by atoms with E-state index >= 15 is 0 Å². The lowest BCUT2D eigenvalue weighted by Crippen LogP contribution is -2.03. The molecule has 0 aliphatic rings. The monoisotopic (exact) mass is 256 g/mol. The summed E-state index contributed by atoms with van der Waals surface area (Å²) in [6.45, 7) is 3.33. The number of para-hydroxylation sites is 1. The van der Waals surface area contributed by atoms with Gasteiger partial charge < -0.3 is 9.47 Å². The van der Waals surface area contributed by atoms with Crippen LogP contribution in [0.25, 0.3) is 11.1 Å². The highest BCUT2D eigenvalue weighted by Gasteiger charge is 2.11. The average molecular weight is 256 g/mol.